The number of nitrogen functional groups attached to an aromatic ring is 1. The van der Waals surface area contributed by atoms with Crippen LogP contribution in [0, 0.1) is 0 Å². The zero-order valence-corrected chi connectivity index (χ0v) is 9.83. The standard InChI is InChI=1S/C12H13N3O3/c1-15-6-8(5-14-15)7-18-11-3-2-9(12(16)17)4-10(11)13/h2-6H,7,13H2,1H3,(H,16,17). The lowest BCUT2D eigenvalue weighted by Crippen LogP contribution is -2.01. The monoisotopic (exact) mass is 247 g/mol. The quantitative estimate of drug-likeness (QED) is 0.794. The molecule has 0 fully saturated rings. The van der Waals surface area contributed by atoms with Crippen LogP contribution in [0.15, 0.2) is 30.6 Å². The topological polar surface area (TPSA) is 90.4 Å². The van der Waals surface area contributed by atoms with Gasteiger partial charge in [0.15, 0.2) is 0 Å². The number of aromatic carboxylic acids is 1. The van der Waals surface area contributed by atoms with Crippen molar-refractivity contribution in [1.82, 2.24) is 9.78 Å². The molecule has 2 aromatic rings. The largest absolute Gasteiger partial charge is 0.487 e. The van der Waals surface area contributed by atoms with Gasteiger partial charge in [-0.25, -0.2) is 4.79 Å². The lowest BCUT2D eigenvalue weighted by atomic mass is 10.2. The van der Waals surface area contributed by atoms with Gasteiger partial charge in [-0.1, -0.05) is 0 Å². The molecule has 0 bridgehead atoms. The highest BCUT2D eigenvalue weighted by Gasteiger charge is 2.07. The Labute approximate surface area is 104 Å². The van der Waals surface area contributed by atoms with Crippen LogP contribution in [0.1, 0.15) is 15.9 Å². The number of hydrogen-bond donors (Lipinski definition) is 2. The first-order valence-electron chi connectivity index (χ1n) is 5.29. The fourth-order valence-electron chi connectivity index (χ4n) is 1.52. The molecule has 3 N–H and O–H groups in total. The third-order valence-electron chi connectivity index (χ3n) is 2.41. The zero-order chi connectivity index (χ0) is 13.1. The van der Waals surface area contributed by atoms with E-state index in [-0.39, 0.29) is 5.56 Å². The summed E-state index contributed by atoms with van der Waals surface area (Å²) in [6, 6.07) is 4.38. The van der Waals surface area contributed by atoms with Crippen molar-refractivity contribution in [3.63, 3.8) is 0 Å². The number of ether oxygens (including phenoxy) is 1. The molecule has 6 nitrogen and oxygen atoms in total. The van der Waals surface area contributed by atoms with Crippen molar-refractivity contribution in [2.24, 2.45) is 7.05 Å². The van der Waals surface area contributed by atoms with Crippen molar-refractivity contribution in [2.75, 3.05) is 5.73 Å². The maximum absolute atomic E-state index is 10.7. The summed E-state index contributed by atoms with van der Waals surface area (Å²) in [5.74, 6) is -0.552. The van der Waals surface area contributed by atoms with E-state index in [9.17, 15) is 4.79 Å². The van der Waals surface area contributed by atoms with Crippen LogP contribution in [0.3, 0.4) is 0 Å². The summed E-state index contributed by atoms with van der Waals surface area (Å²) < 4.78 is 7.18. The Balaban J connectivity index is 2.08. The second-order valence-electron chi connectivity index (χ2n) is 3.87. The summed E-state index contributed by atoms with van der Waals surface area (Å²) in [4.78, 5) is 10.7. The molecule has 0 radical (unpaired) electrons. The van der Waals surface area contributed by atoms with E-state index in [4.69, 9.17) is 15.6 Å². The highest BCUT2D eigenvalue weighted by molar-refractivity contribution is 5.89. The number of hydrogen-bond acceptors (Lipinski definition) is 4. The average molecular weight is 247 g/mol. The van der Waals surface area contributed by atoms with Crippen LogP contribution in [0.5, 0.6) is 5.75 Å². The summed E-state index contributed by atoms with van der Waals surface area (Å²) in [6.07, 6.45) is 3.53. The molecule has 0 saturated heterocycles. The van der Waals surface area contributed by atoms with Crippen LogP contribution in [0.2, 0.25) is 0 Å². The SMILES string of the molecule is Cn1cc(COc2ccc(C(=O)O)cc2N)cn1. The van der Waals surface area contributed by atoms with Crippen molar-refractivity contribution in [1.29, 1.82) is 0 Å². The predicted molar refractivity (Wildman–Crippen MR) is 65.4 cm³/mol. The van der Waals surface area contributed by atoms with Crippen LogP contribution in [-0.2, 0) is 13.7 Å². The highest BCUT2D eigenvalue weighted by atomic mass is 16.5. The molecule has 0 aliphatic rings. The van der Waals surface area contributed by atoms with Gasteiger partial charge in [0.1, 0.15) is 12.4 Å². The molecule has 1 aromatic heterocycles. The minimum Gasteiger partial charge on any atom is -0.487 e. The molecule has 1 heterocycles. The first-order chi connectivity index (χ1) is 8.56. The number of nitrogens with two attached hydrogens (primary N) is 1. The molecule has 0 aliphatic heterocycles. The molecule has 1 aromatic carbocycles. The zero-order valence-electron chi connectivity index (χ0n) is 9.83. The van der Waals surface area contributed by atoms with E-state index < -0.39 is 5.97 Å². The molecule has 0 unspecified atom stereocenters. The molecule has 6 heteroatoms. The molecule has 18 heavy (non-hydrogen) atoms. The summed E-state index contributed by atoms with van der Waals surface area (Å²) in [6.45, 7) is 0.338. The number of benzene rings is 1. The van der Waals surface area contributed by atoms with Gasteiger partial charge in [-0.2, -0.15) is 5.10 Å². The number of rotatable bonds is 4. The van der Waals surface area contributed by atoms with Crippen LogP contribution >= 0.6 is 0 Å². The van der Waals surface area contributed by atoms with Gasteiger partial charge in [-0.3, -0.25) is 4.68 Å². The Morgan fingerprint density at radius 1 is 1.56 bits per heavy atom. The minimum absolute atomic E-state index is 0.140. The summed E-state index contributed by atoms with van der Waals surface area (Å²) in [5.41, 5.74) is 7.08. The smallest absolute Gasteiger partial charge is 0.335 e. The van der Waals surface area contributed by atoms with E-state index in [1.165, 1.54) is 12.1 Å². The number of nitrogens with zero attached hydrogens (tertiary/aromatic N) is 2. The third kappa shape index (κ3) is 2.60. The molecular weight excluding hydrogens is 234 g/mol. The first kappa shape index (κ1) is 12.0. The normalized spacial score (nSPS) is 10.3. The highest BCUT2D eigenvalue weighted by Crippen LogP contribution is 2.23. The maximum Gasteiger partial charge on any atom is 0.335 e. The molecule has 0 aliphatic carbocycles. The van der Waals surface area contributed by atoms with Crippen molar-refractivity contribution in [3.8, 4) is 5.75 Å². The van der Waals surface area contributed by atoms with E-state index in [0.29, 0.717) is 18.0 Å². The van der Waals surface area contributed by atoms with E-state index in [0.717, 1.165) is 5.56 Å². The molecular formula is C12H13N3O3. The number of aromatic nitrogens is 2. The van der Waals surface area contributed by atoms with Crippen LogP contribution in [0.25, 0.3) is 0 Å². The minimum atomic E-state index is -1.01. The molecule has 0 saturated carbocycles. The van der Waals surface area contributed by atoms with E-state index >= 15 is 0 Å². The summed E-state index contributed by atoms with van der Waals surface area (Å²) in [7, 11) is 1.82. The molecule has 0 atom stereocenters. The predicted octanol–water partition coefficient (Wildman–Crippen LogP) is 1.28. The van der Waals surface area contributed by atoms with Gasteiger partial charge < -0.3 is 15.6 Å². The average Bonchev–Trinajstić information content (AvgIpc) is 2.73. The number of carboxylic acids is 1. The molecule has 0 spiro atoms. The molecule has 2 rings (SSSR count). The Kier molecular flexibility index (Phi) is 3.18. The van der Waals surface area contributed by atoms with Crippen molar-refractivity contribution in [2.45, 2.75) is 6.61 Å². The van der Waals surface area contributed by atoms with Crippen molar-refractivity contribution in [3.05, 3.63) is 41.7 Å². The number of carboxylic acid groups (broad SMARTS) is 1. The second-order valence-corrected chi connectivity index (χ2v) is 3.87. The first-order valence-corrected chi connectivity index (χ1v) is 5.29. The van der Waals surface area contributed by atoms with E-state index in [1.807, 2.05) is 13.2 Å². The fraction of sp³-hybridized carbons (Fsp3) is 0.167. The number of aryl methyl sites for hydroxylation is 1. The Hall–Kier alpha value is -2.50. The van der Waals surface area contributed by atoms with E-state index in [1.54, 1.807) is 16.9 Å². The second kappa shape index (κ2) is 4.79. The van der Waals surface area contributed by atoms with Crippen LogP contribution in [-0.4, -0.2) is 20.9 Å². The number of anilines is 1. The Morgan fingerprint density at radius 3 is 2.89 bits per heavy atom. The van der Waals surface area contributed by atoms with Gasteiger partial charge in [0.05, 0.1) is 17.4 Å². The molecule has 0 amide bonds. The van der Waals surface area contributed by atoms with Crippen molar-refractivity contribution < 1.29 is 14.6 Å². The Bertz CT molecular complexity index is 578. The molecule has 94 valence electrons. The van der Waals surface area contributed by atoms with Gasteiger partial charge in [0, 0.05) is 18.8 Å². The lowest BCUT2D eigenvalue weighted by Gasteiger charge is -2.08. The van der Waals surface area contributed by atoms with Gasteiger partial charge in [-0.05, 0) is 18.2 Å². The van der Waals surface area contributed by atoms with E-state index in [2.05, 4.69) is 5.10 Å². The van der Waals surface area contributed by atoms with Crippen molar-refractivity contribution >= 4 is 11.7 Å². The lowest BCUT2D eigenvalue weighted by molar-refractivity contribution is 0.0697. The maximum atomic E-state index is 10.7. The Morgan fingerprint density at radius 2 is 2.33 bits per heavy atom. The van der Waals surface area contributed by atoms with Gasteiger partial charge in [-0.15, -0.1) is 0 Å². The summed E-state index contributed by atoms with van der Waals surface area (Å²) in [5, 5.41) is 12.8. The van der Waals surface area contributed by atoms with Crippen LogP contribution < -0.4 is 10.5 Å². The van der Waals surface area contributed by atoms with Crippen LogP contribution in [0.4, 0.5) is 5.69 Å². The van der Waals surface area contributed by atoms with Gasteiger partial charge >= 0.3 is 5.97 Å². The fourth-order valence-corrected chi connectivity index (χ4v) is 1.52. The summed E-state index contributed by atoms with van der Waals surface area (Å²) >= 11 is 0. The number of carbonyl (C=O) groups is 1. The van der Waals surface area contributed by atoms with Gasteiger partial charge in [0.25, 0.3) is 0 Å². The van der Waals surface area contributed by atoms with Gasteiger partial charge in [0.2, 0.25) is 0 Å². The third-order valence-corrected chi connectivity index (χ3v) is 2.41.